The molecule has 0 atom stereocenters. The van der Waals surface area contributed by atoms with E-state index in [1.54, 1.807) is 12.1 Å². The van der Waals surface area contributed by atoms with Crippen molar-refractivity contribution in [1.82, 2.24) is 5.32 Å². The van der Waals surface area contributed by atoms with Gasteiger partial charge in [-0.25, -0.2) is 0 Å². The molecule has 0 aliphatic rings. The average Bonchev–Trinajstić information content (AvgIpc) is 2.63. The van der Waals surface area contributed by atoms with E-state index < -0.39 is 6.61 Å². The largest absolute Gasteiger partial charge is 0.483 e. The van der Waals surface area contributed by atoms with Crippen LogP contribution < -0.4 is 14.8 Å². The van der Waals surface area contributed by atoms with Crippen LogP contribution in [0.2, 0.25) is 5.02 Å². The maximum Gasteiger partial charge on any atom is 0.387 e. The zero-order chi connectivity index (χ0) is 20.7. The van der Waals surface area contributed by atoms with Crippen LogP contribution in [0.5, 0.6) is 11.5 Å². The molecular weight excluding hydrogens is 388 g/mol. The molecule has 1 N–H and O–H groups in total. The summed E-state index contributed by atoms with van der Waals surface area (Å²) in [4.78, 5) is 12.0. The van der Waals surface area contributed by atoms with Crippen LogP contribution in [0.1, 0.15) is 36.5 Å². The van der Waals surface area contributed by atoms with Crippen molar-refractivity contribution in [2.24, 2.45) is 0 Å². The Balaban J connectivity index is 1.81. The van der Waals surface area contributed by atoms with Gasteiger partial charge < -0.3 is 14.8 Å². The summed E-state index contributed by atoms with van der Waals surface area (Å²) >= 11 is 6.17. The number of nitrogens with one attached hydrogen (secondary N) is 1. The predicted molar refractivity (Wildman–Crippen MR) is 106 cm³/mol. The summed E-state index contributed by atoms with van der Waals surface area (Å²) in [6, 6.07) is 10.0. The first-order valence-electron chi connectivity index (χ1n) is 8.99. The molecule has 0 aliphatic heterocycles. The lowest BCUT2D eigenvalue weighted by Gasteiger charge is -2.16. The number of rotatable bonds is 9. The van der Waals surface area contributed by atoms with Crippen molar-refractivity contribution in [3.8, 4) is 11.5 Å². The fourth-order valence-corrected chi connectivity index (χ4v) is 2.80. The first kappa shape index (κ1) is 22.0. The Hall–Kier alpha value is -2.34. The normalized spacial score (nSPS) is 11.0. The van der Waals surface area contributed by atoms with E-state index in [-0.39, 0.29) is 24.2 Å². The van der Waals surface area contributed by atoms with Crippen molar-refractivity contribution in [2.45, 2.75) is 39.7 Å². The Labute approximate surface area is 168 Å². The fourth-order valence-electron chi connectivity index (χ4n) is 2.62. The van der Waals surface area contributed by atoms with Gasteiger partial charge in [0.05, 0.1) is 0 Å². The zero-order valence-electron chi connectivity index (χ0n) is 16.1. The Kier molecular flexibility index (Phi) is 8.05. The summed E-state index contributed by atoms with van der Waals surface area (Å²) in [5, 5.41) is 3.45. The maximum absolute atomic E-state index is 12.1. The van der Waals surface area contributed by atoms with Crippen LogP contribution in [-0.2, 0) is 11.2 Å². The van der Waals surface area contributed by atoms with Gasteiger partial charge in [0.15, 0.2) is 6.61 Å². The minimum atomic E-state index is -2.84. The second kappa shape index (κ2) is 10.3. The highest BCUT2D eigenvalue weighted by atomic mass is 35.5. The van der Waals surface area contributed by atoms with Gasteiger partial charge >= 0.3 is 6.61 Å². The molecular formula is C21H24ClF2NO3. The van der Waals surface area contributed by atoms with Crippen LogP contribution in [0.15, 0.2) is 36.4 Å². The number of carbonyl (C=O) groups excluding carboxylic acids is 1. The van der Waals surface area contributed by atoms with Gasteiger partial charge in [0.2, 0.25) is 0 Å². The van der Waals surface area contributed by atoms with Crippen LogP contribution in [0.4, 0.5) is 8.78 Å². The third-order valence-corrected chi connectivity index (χ3v) is 4.56. The number of benzene rings is 2. The van der Waals surface area contributed by atoms with Crippen LogP contribution in [0.3, 0.4) is 0 Å². The number of halogens is 3. The van der Waals surface area contributed by atoms with Crippen LogP contribution in [-0.4, -0.2) is 25.7 Å². The molecule has 0 unspecified atom stereocenters. The van der Waals surface area contributed by atoms with Gasteiger partial charge in [0, 0.05) is 11.6 Å². The standard InChI is InChI=1S/C21H24ClF2NO3/c1-13(2)17-11-18(22)14(3)10-19(17)27-12-20(26)25-9-8-15-4-6-16(7-5-15)28-21(23)24/h4-7,10-11,13,21H,8-9,12H2,1-3H3,(H,25,26). The first-order valence-corrected chi connectivity index (χ1v) is 9.37. The molecule has 0 aliphatic carbocycles. The number of amides is 1. The summed E-state index contributed by atoms with van der Waals surface area (Å²) in [7, 11) is 0. The first-order chi connectivity index (χ1) is 13.3. The second-order valence-electron chi connectivity index (χ2n) is 6.71. The van der Waals surface area contributed by atoms with Crippen LogP contribution in [0.25, 0.3) is 0 Å². The molecule has 0 saturated heterocycles. The zero-order valence-corrected chi connectivity index (χ0v) is 16.9. The number of hydrogen-bond acceptors (Lipinski definition) is 3. The van der Waals surface area contributed by atoms with Crippen molar-refractivity contribution in [2.75, 3.05) is 13.2 Å². The van der Waals surface area contributed by atoms with E-state index in [9.17, 15) is 13.6 Å². The van der Waals surface area contributed by atoms with E-state index in [4.69, 9.17) is 16.3 Å². The summed E-state index contributed by atoms with van der Waals surface area (Å²) in [6.07, 6.45) is 0.567. The molecule has 4 nitrogen and oxygen atoms in total. The van der Waals surface area contributed by atoms with Crippen molar-refractivity contribution in [3.05, 3.63) is 58.1 Å². The molecule has 7 heteroatoms. The van der Waals surface area contributed by atoms with Gasteiger partial charge in [-0.1, -0.05) is 37.6 Å². The molecule has 0 heterocycles. The minimum absolute atomic E-state index is 0.0953. The number of hydrogen-bond donors (Lipinski definition) is 1. The van der Waals surface area contributed by atoms with E-state index in [1.165, 1.54) is 12.1 Å². The van der Waals surface area contributed by atoms with Gasteiger partial charge in [-0.3, -0.25) is 4.79 Å². The topological polar surface area (TPSA) is 47.6 Å². The SMILES string of the molecule is Cc1cc(OCC(=O)NCCc2ccc(OC(F)F)cc2)c(C(C)C)cc1Cl. The maximum atomic E-state index is 12.1. The Bertz CT molecular complexity index is 795. The quantitative estimate of drug-likeness (QED) is 0.623. The molecule has 2 rings (SSSR count). The third kappa shape index (κ3) is 6.68. The Morgan fingerprint density at radius 3 is 2.46 bits per heavy atom. The van der Waals surface area contributed by atoms with Gasteiger partial charge in [-0.2, -0.15) is 8.78 Å². The number of alkyl halides is 2. The van der Waals surface area contributed by atoms with E-state index in [1.807, 2.05) is 32.9 Å². The van der Waals surface area contributed by atoms with Crippen molar-refractivity contribution in [3.63, 3.8) is 0 Å². The lowest BCUT2D eigenvalue weighted by Crippen LogP contribution is -2.30. The van der Waals surface area contributed by atoms with E-state index in [2.05, 4.69) is 10.1 Å². The van der Waals surface area contributed by atoms with Gasteiger partial charge in [-0.05, 0) is 60.2 Å². The lowest BCUT2D eigenvalue weighted by molar-refractivity contribution is -0.123. The second-order valence-corrected chi connectivity index (χ2v) is 7.11. The fraction of sp³-hybridized carbons (Fsp3) is 0.381. The monoisotopic (exact) mass is 411 g/mol. The highest BCUT2D eigenvalue weighted by molar-refractivity contribution is 6.31. The summed E-state index contributed by atoms with van der Waals surface area (Å²) < 4.78 is 34.3. The van der Waals surface area contributed by atoms with Crippen LogP contribution in [0, 0.1) is 6.92 Å². The highest BCUT2D eigenvalue weighted by Gasteiger charge is 2.12. The molecule has 152 valence electrons. The highest BCUT2D eigenvalue weighted by Crippen LogP contribution is 2.31. The molecule has 0 bridgehead atoms. The summed E-state index contributed by atoms with van der Waals surface area (Å²) in [5.74, 6) is 0.741. The smallest absolute Gasteiger partial charge is 0.387 e. The van der Waals surface area contributed by atoms with E-state index in [0.29, 0.717) is 23.7 Å². The average molecular weight is 412 g/mol. The van der Waals surface area contributed by atoms with Crippen molar-refractivity contribution in [1.29, 1.82) is 0 Å². The van der Waals surface area contributed by atoms with Gasteiger partial charge in [0.25, 0.3) is 5.91 Å². The lowest BCUT2D eigenvalue weighted by atomic mass is 10.0. The molecule has 28 heavy (non-hydrogen) atoms. The molecule has 1 amide bonds. The minimum Gasteiger partial charge on any atom is -0.483 e. The van der Waals surface area contributed by atoms with Gasteiger partial charge in [0.1, 0.15) is 11.5 Å². The molecule has 0 spiro atoms. The Morgan fingerprint density at radius 1 is 1.18 bits per heavy atom. The van der Waals surface area contributed by atoms with Gasteiger partial charge in [-0.15, -0.1) is 0 Å². The molecule has 0 saturated carbocycles. The van der Waals surface area contributed by atoms with Crippen LogP contribution >= 0.6 is 11.6 Å². The van der Waals surface area contributed by atoms with Crippen molar-refractivity contribution < 1.29 is 23.0 Å². The third-order valence-electron chi connectivity index (χ3n) is 4.16. The molecule has 2 aromatic rings. The number of ether oxygens (including phenoxy) is 2. The van der Waals surface area contributed by atoms with E-state index in [0.717, 1.165) is 16.7 Å². The number of carbonyl (C=O) groups is 1. The summed E-state index contributed by atoms with van der Waals surface area (Å²) in [5.41, 5.74) is 2.74. The van der Waals surface area contributed by atoms with Crippen molar-refractivity contribution >= 4 is 17.5 Å². The predicted octanol–water partition coefficient (Wildman–Crippen LogP) is 5.11. The molecule has 0 fully saturated rings. The van der Waals surface area contributed by atoms with E-state index >= 15 is 0 Å². The molecule has 0 aromatic heterocycles. The number of aryl methyl sites for hydroxylation is 1. The molecule has 2 aromatic carbocycles. The summed E-state index contributed by atoms with van der Waals surface area (Å²) in [6.45, 7) is 3.43. The Morgan fingerprint density at radius 2 is 1.86 bits per heavy atom. The molecule has 0 radical (unpaired) electrons.